The van der Waals surface area contributed by atoms with Crippen molar-refractivity contribution in [3.63, 3.8) is 0 Å². The molecule has 0 bridgehead atoms. The van der Waals surface area contributed by atoms with E-state index in [-0.39, 0.29) is 17.9 Å². The van der Waals surface area contributed by atoms with Gasteiger partial charge in [0.25, 0.3) is 5.91 Å². The van der Waals surface area contributed by atoms with Gasteiger partial charge in [0.15, 0.2) is 0 Å². The van der Waals surface area contributed by atoms with Gasteiger partial charge in [-0.15, -0.1) is 0 Å². The van der Waals surface area contributed by atoms with Crippen LogP contribution < -0.4 is 5.32 Å². The zero-order valence-electron chi connectivity index (χ0n) is 15.6. The minimum atomic E-state index is -0.128. The summed E-state index contributed by atoms with van der Waals surface area (Å²) in [6, 6.07) is 11.3. The van der Waals surface area contributed by atoms with Crippen molar-refractivity contribution in [3.8, 4) is 5.69 Å². The first-order valence-electron chi connectivity index (χ1n) is 8.80. The van der Waals surface area contributed by atoms with Gasteiger partial charge < -0.3 is 5.32 Å². The Hall–Kier alpha value is -2.95. The van der Waals surface area contributed by atoms with Crippen LogP contribution in [0.5, 0.6) is 0 Å². The number of rotatable bonds is 5. The van der Waals surface area contributed by atoms with Crippen LogP contribution >= 0.6 is 0 Å². The fourth-order valence-corrected chi connectivity index (χ4v) is 2.92. The number of nitrogens with one attached hydrogen (secondary N) is 1. The second kappa shape index (κ2) is 7.52. The lowest BCUT2D eigenvalue weighted by Gasteiger charge is -2.23. The predicted octanol–water partition coefficient (Wildman–Crippen LogP) is 4.01. The molecule has 0 fully saturated rings. The average Bonchev–Trinajstić information content (AvgIpc) is 3.06. The molecule has 0 saturated carbocycles. The molecule has 0 spiro atoms. The summed E-state index contributed by atoms with van der Waals surface area (Å²) in [5.41, 5.74) is 4.64. The molecule has 2 heterocycles. The Morgan fingerprint density at radius 1 is 1.12 bits per heavy atom. The number of hydrogen-bond acceptors (Lipinski definition) is 3. The molecule has 0 aliphatic carbocycles. The highest BCUT2D eigenvalue weighted by molar-refractivity contribution is 5.94. The van der Waals surface area contributed by atoms with E-state index in [1.54, 1.807) is 10.9 Å². The maximum absolute atomic E-state index is 12.7. The molecule has 0 saturated heterocycles. The molecule has 5 nitrogen and oxygen atoms in total. The Bertz CT molecular complexity index is 896. The van der Waals surface area contributed by atoms with E-state index >= 15 is 0 Å². The number of hydrogen-bond donors (Lipinski definition) is 1. The van der Waals surface area contributed by atoms with Crippen LogP contribution in [0, 0.1) is 19.8 Å². The summed E-state index contributed by atoms with van der Waals surface area (Å²) in [6.07, 6.45) is 5.53. The zero-order valence-corrected chi connectivity index (χ0v) is 15.6. The predicted molar refractivity (Wildman–Crippen MR) is 102 cm³/mol. The number of carbonyl (C=O) groups is 1. The Morgan fingerprint density at radius 3 is 2.42 bits per heavy atom. The lowest BCUT2D eigenvalue weighted by Crippen LogP contribution is -2.32. The summed E-state index contributed by atoms with van der Waals surface area (Å²) in [4.78, 5) is 17.2. The second-order valence-electron chi connectivity index (χ2n) is 6.91. The molecule has 0 aliphatic rings. The molecule has 2 aromatic heterocycles. The van der Waals surface area contributed by atoms with Crippen molar-refractivity contribution in [2.75, 3.05) is 0 Å². The highest BCUT2D eigenvalue weighted by Crippen LogP contribution is 2.23. The summed E-state index contributed by atoms with van der Waals surface area (Å²) >= 11 is 0. The SMILES string of the molecule is Cc1cnn(-c2ccc(C(=O)NC(c3ncccc3C)C(C)C)cc2)c1. The van der Waals surface area contributed by atoms with Gasteiger partial charge in [0.2, 0.25) is 0 Å². The molecule has 0 aliphatic heterocycles. The van der Waals surface area contributed by atoms with Crippen LogP contribution in [0.1, 0.15) is 47.1 Å². The number of amides is 1. The van der Waals surface area contributed by atoms with Crippen LogP contribution in [0.3, 0.4) is 0 Å². The number of aryl methyl sites for hydroxylation is 2. The van der Waals surface area contributed by atoms with E-state index in [0.29, 0.717) is 5.56 Å². The summed E-state index contributed by atoms with van der Waals surface area (Å²) in [5, 5.41) is 7.42. The summed E-state index contributed by atoms with van der Waals surface area (Å²) < 4.78 is 1.80. The van der Waals surface area contributed by atoms with Crippen LogP contribution in [0.4, 0.5) is 0 Å². The smallest absolute Gasteiger partial charge is 0.251 e. The van der Waals surface area contributed by atoms with Gasteiger partial charge in [0.05, 0.1) is 23.6 Å². The normalized spacial score (nSPS) is 12.2. The third-order valence-electron chi connectivity index (χ3n) is 4.40. The van der Waals surface area contributed by atoms with Gasteiger partial charge in [0.1, 0.15) is 0 Å². The minimum absolute atomic E-state index is 0.100. The number of pyridine rings is 1. The maximum atomic E-state index is 12.7. The average molecular weight is 348 g/mol. The van der Waals surface area contributed by atoms with E-state index in [0.717, 1.165) is 22.5 Å². The van der Waals surface area contributed by atoms with Gasteiger partial charge >= 0.3 is 0 Å². The fraction of sp³-hybridized carbons (Fsp3) is 0.286. The molecular formula is C21H24N4O. The quantitative estimate of drug-likeness (QED) is 0.758. The van der Waals surface area contributed by atoms with E-state index in [9.17, 15) is 4.79 Å². The lowest BCUT2D eigenvalue weighted by atomic mass is 9.97. The van der Waals surface area contributed by atoms with Crippen molar-refractivity contribution in [2.45, 2.75) is 33.7 Å². The van der Waals surface area contributed by atoms with Crippen molar-refractivity contribution in [1.29, 1.82) is 0 Å². The molecule has 3 aromatic rings. The highest BCUT2D eigenvalue weighted by atomic mass is 16.1. The van der Waals surface area contributed by atoms with E-state index in [1.807, 2.05) is 62.6 Å². The summed E-state index contributed by atoms with van der Waals surface area (Å²) in [5.74, 6) is 0.135. The van der Waals surface area contributed by atoms with Crippen LogP contribution in [0.25, 0.3) is 5.69 Å². The van der Waals surface area contributed by atoms with Crippen LogP contribution in [0.15, 0.2) is 55.0 Å². The monoisotopic (exact) mass is 348 g/mol. The molecule has 0 radical (unpaired) electrons. The van der Waals surface area contributed by atoms with Gasteiger partial charge in [0, 0.05) is 18.0 Å². The van der Waals surface area contributed by atoms with Gasteiger partial charge in [-0.2, -0.15) is 5.10 Å². The van der Waals surface area contributed by atoms with Crippen molar-refractivity contribution in [1.82, 2.24) is 20.1 Å². The standard InChI is InChI=1S/C21H24N4O/c1-14(2)19(20-16(4)6-5-11-22-20)24-21(26)17-7-9-18(10-8-17)25-13-15(3)12-23-25/h5-14,19H,1-4H3,(H,24,26). The molecule has 3 rings (SSSR count). The zero-order chi connectivity index (χ0) is 18.7. The molecule has 1 unspecified atom stereocenters. The molecule has 134 valence electrons. The van der Waals surface area contributed by atoms with E-state index in [1.165, 1.54) is 0 Å². The number of carbonyl (C=O) groups excluding carboxylic acids is 1. The topological polar surface area (TPSA) is 59.8 Å². The summed E-state index contributed by atoms with van der Waals surface area (Å²) in [7, 11) is 0. The largest absolute Gasteiger partial charge is 0.343 e. The molecule has 1 atom stereocenters. The lowest BCUT2D eigenvalue weighted by molar-refractivity contribution is 0.0924. The Labute approximate surface area is 154 Å². The van der Waals surface area contributed by atoms with E-state index < -0.39 is 0 Å². The van der Waals surface area contributed by atoms with Gasteiger partial charge in [-0.05, 0) is 61.2 Å². The van der Waals surface area contributed by atoms with Gasteiger partial charge in [-0.1, -0.05) is 19.9 Å². The molecular weight excluding hydrogens is 324 g/mol. The third-order valence-corrected chi connectivity index (χ3v) is 4.40. The first-order chi connectivity index (χ1) is 12.5. The molecule has 1 aromatic carbocycles. The molecule has 5 heteroatoms. The fourth-order valence-electron chi connectivity index (χ4n) is 2.92. The highest BCUT2D eigenvalue weighted by Gasteiger charge is 2.21. The maximum Gasteiger partial charge on any atom is 0.251 e. The van der Waals surface area contributed by atoms with Crippen molar-refractivity contribution in [3.05, 3.63) is 77.4 Å². The van der Waals surface area contributed by atoms with Crippen LogP contribution in [-0.2, 0) is 0 Å². The van der Waals surface area contributed by atoms with Crippen LogP contribution in [0.2, 0.25) is 0 Å². The van der Waals surface area contributed by atoms with Crippen LogP contribution in [-0.4, -0.2) is 20.7 Å². The number of benzene rings is 1. The van der Waals surface area contributed by atoms with Crippen molar-refractivity contribution < 1.29 is 4.79 Å². The first kappa shape index (κ1) is 17.9. The minimum Gasteiger partial charge on any atom is -0.343 e. The molecule has 1 amide bonds. The molecule has 26 heavy (non-hydrogen) atoms. The van der Waals surface area contributed by atoms with Crippen molar-refractivity contribution >= 4 is 5.91 Å². The van der Waals surface area contributed by atoms with Gasteiger partial charge in [-0.25, -0.2) is 4.68 Å². The van der Waals surface area contributed by atoms with Crippen molar-refractivity contribution in [2.24, 2.45) is 5.92 Å². The third kappa shape index (κ3) is 3.82. The first-order valence-corrected chi connectivity index (χ1v) is 8.80. The second-order valence-corrected chi connectivity index (χ2v) is 6.91. The van der Waals surface area contributed by atoms with E-state index in [4.69, 9.17) is 0 Å². The van der Waals surface area contributed by atoms with E-state index in [2.05, 4.69) is 29.2 Å². The number of nitrogens with zero attached hydrogens (tertiary/aromatic N) is 3. The number of aromatic nitrogens is 3. The van der Waals surface area contributed by atoms with Gasteiger partial charge in [-0.3, -0.25) is 9.78 Å². The Kier molecular flexibility index (Phi) is 5.16. The Morgan fingerprint density at radius 2 is 1.85 bits per heavy atom. The summed E-state index contributed by atoms with van der Waals surface area (Å²) in [6.45, 7) is 8.19. The molecule has 1 N–H and O–H groups in total. The Balaban J connectivity index is 1.79.